The van der Waals surface area contributed by atoms with Gasteiger partial charge in [0, 0.05) is 17.0 Å². The predicted molar refractivity (Wildman–Crippen MR) is 88.1 cm³/mol. The number of nitrogens with one attached hydrogen (secondary N) is 1. The van der Waals surface area contributed by atoms with Gasteiger partial charge in [-0.1, -0.05) is 32.4 Å². The van der Waals surface area contributed by atoms with Crippen LogP contribution >= 0.6 is 23.4 Å². The van der Waals surface area contributed by atoms with E-state index in [1.807, 2.05) is 30.5 Å². The predicted octanol–water partition coefficient (Wildman–Crippen LogP) is 2.13. The Hall–Kier alpha value is -0.270. The second kappa shape index (κ2) is 7.66. The minimum absolute atomic E-state index is 0.00335. The van der Waals surface area contributed by atoms with Crippen LogP contribution in [0.25, 0.3) is 0 Å². The number of hydrogen-bond donors (Lipinski definition) is 2. The van der Waals surface area contributed by atoms with Crippen LogP contribution in [-0.4, -0.2) is 45.8 Å². The van der Waals surface area contributed by atoms with Gasteiger partial charge in [-0.3, -0.25) is 16.0 Å². The van der Waals surface area contributed by atoms with E-state index < -0.39 is 0 Å². The first-order valence-electron chi connectivity index (χ1n) is 6.70. The van der Waals surface area contributed by atoms with Crippen molar-refractivity contribution in [2.45, 2.75) is 38.1 Å². The van der Waals surface area contributed by atoms with Crippen molar-refractivity contribution in [2.75, 3.05) is 26.4 Å². The highest BCUT2D eigenvalue weighted by Gasteiger charge is 2.22. The zero-order valence-corrected chi connectivity index (χ0v) is 14.6. The Labute approximate surface area is 131 Å². The first kappa shape index (κ1) is 17.8. The van der Waals surface area contributed by atoms with Gasteiger partial charge in [-0.2, -0.15) is 16.9 Å². The Bertz CT molecular complexity index is 413. The number of aromatic nitrogens is 2. The molecule has 0 bridgehead atoms. The lowest BCUT2D eigenvalue weighted by atomic mass is 10.2. The standard InChI is InChI=1S/C13H26ClN5S/c1-13(2,3)20-9-11(17-15)12-10(14)8-16-19(12)7-6-18(4)5/h8,11,17H,6-7,9,15H2,1-5H3. The van der Waals surface area contributed by atoms with Crippen LogP contribution < -0.4 is 11.3 Å². The molecule has 0 aliphatic carbocycles. The van der Waals surface area contributed by atoms with Crippen molar-refractivity contribution in [3.8, 4) is 0 Å². The van der Waals surface area contributed by atoms with Crippen molar-refractivity contribution in [1.82, 2.24) is 20.1 Å². The third-order valence-corrected chi connectivity index (χ3v) is 4.46. The minimum Gasteiger partial charge on any atom is -0.308 e. The summed E-state index contributed by atoms with van der Waals surface area (Å²) >= 11 is 8.14. The summed E-state index contributed by atoms with van der Waals surface area (Å²) in [6, 6.07) is -0.00335. The number of hydrazine groups is 1. The number of halogens is 1. The van der Waals surface area contributed by atoms with E-state index >= 15 is 0 Å². The summed E-state index contributed by atoms with van der Waals surface area (Å²) in [6.45, 7) is 8.28. The smallest absolute Gasteiger partial charge is 0.0834 e. The van der Waals surface area contributed by atoms with Gasteiger partial charge >= 0.3 is 0 Å². The SMILES string of the molecule is CN(C)CCn1ncc(Cl)c1C(CSC(C)(C)C)NN. The van der Waals surface area contributed by atoms with Gasteiger partial charge < -0.3 is 4.90 Å². The first-order valence-corrected chi connectivity index (χ1v) is 8.07. The Balaban J connectivity index is 2.82. The fourth-order valence-corrected chi connectivity index (χ4v) is 2.92. The van der Waals surface area contributed by atoms with Crippen LogP contribution in [0.2, 0.25) is 5.02 Å². The molecule has 116 valence electrons. The Morgan fingerprint density at radius 2 is 2.15 bits per heavy atom. The van der Waals surface area contributed by atoms with Crippen molar-refractivity contribution in [2.24, 2.45) is 5.84 Å². The fourth-order valence-electron chi connectivity index (χ4n) is 1.73. The lowest BCUT2D eigenvalue weighted by molar-refractivity contribution is 0.364. The molecule has 7 heteroatoms. The molecule has 0 fully saturated rings. The van der Waals surface area contributed by atoms with Crippen LogP contribution in [0, 0.1) is 0 Å². The Kier molecular flexibility index (Phi) is 6.81. The summed E-state index contributed by atoms with van der Waals surface area (Å²) in [5.74, 6) is 6.57. The van der Waals surface area contributed by atoms with E-state index in [9.17, 15) is 0 Å². The normalized spacial score (nSPS) is 14.0. The summed E-state index contributed by atoms with van der Waals surface area (Å²) in [5.41, 5.74) is 3.83. The zero-order valence-electron chi connectivity index (χ0n) is 13.0. The van der Waals surface area contributed by atoms with Gasteiger partial charge in [0.15, 0.2) is 0 Å². The molecule has 1 rings (SSSR count). The number of rotatable bonds is 7. The average molecular weight is 320 g/mol. The van der Waals surface area contributed by atoms with Crippen LogP contribution in [0.15, 0.2) is 6.20 Å². The van der Waals surface area contributed by atoms with Crippen LogP contribution in [0.5, 0.6) is 0 Å². The maximum absolute atomic E-state index is 6.28. The molecule has 3 N–H and O–H groups in total. The highest BCUT2D eigenvalue weighted by atomic mass is 35.5. The van der Waals surface area contributed by atoms with E-state index in [4.69, 9.17) is 17.4 Å². The number of nitrogens with two attached hydrogens (primary N) is 1. The largest absolute Gasteiger partial charge is 0.308 e. The maximum atomic E-state index is 6.28. The number of hydrogen-bond acceptors (Lipinski definition) is 5. The molecule has 0 spiro atoms. The molecule has 1 heterocycles. The van der Waals surface area contributed by atoms with E-state index in [2.05, 4.69) is 36.2 Å². The van der Waals surface area contributed by atoms with Gasteiger partial charge in [0.2, 0.25) is 0 Å². The summed E-state index contributed by atoms with van der Waals surface area (Å²) in [6.07, 6.45) is 1.69. The van der Waals surface area contributed by atoms with Crippen LogP contribution in [-0.2, 0) is 6.54 Å². The van der Waals surface area contributed by atoms with Crippen LogP contribution in [0.1, 0.15) is 32.5 Å². The molecule has 0 amide bonds. The Morgan fingerprint density at radius 3 is 2.65 bits per heavy atom. The van der Waals surface area contributed by atoms with E-state index in [0.717, 1.165) is 24.5 Å². The number of likely N-dealkylation sites (N-methyl/N-ethyl adjacent to an activating group) is 1. The molecule has 1 atom stereocenters. The highest BCUT2D eigenvalue weighted by Crippen LogP contribution is 2.30. The molecule has 0 radical (unpaired) electrons. The lowest BCUT2D eigenvalue weighted by Crippen LogP contribution is -2.33. The topological polar surface area (TPSA) is 59.1 Å². The maximum Gasteiger partial charge on any atom is 0.0834 e. The minimum atomic E-state index is -0.00335. The second-order valence-electron chi connectivity index (χ2n) is 6.05. The molecule has 0 saturated heterocycles. The molecule has 0 aliphatic heterocycles. The molecule has 0 saturated carbocycles. The summed E-state index contributed by atoms with van der Waals surface area (Å²) < 4.78 is 2.13. The molecular formula is C13H26ClN5S. The van der Waals surface area contributed by atoms with Gasteiger partial charge in [-0.05, 0) is 14.1 Å². The van der Waals surface area contributed by atoms with E-state index in [1.54, 1.807) is 6.20 Å². The van der Waals surface area contributed by atoms with Crippen molar-refractivity contribution < 1.29 is 0 Å². The van der Waals surface area contributed by atoms with Gasteiger partial charge in [-0.15, -0.1) is 0 Å². The summed E-state index contributed by atoms with van der Waals surface area (Å²) in [4.78, 5) is 2.12. The van der Waals surface area contributed by atoms with E-state index in [0.29, 0.717) is 5.02 Å². The van der Waals surface area contributed by atoms with Crippen LogP contribution in [0.4, 0.5) is 0 Å². The molecule has 5 nitrogen and oxygen atoms in total. The summed E-state index contributed by atoms with van der Waals surface area (Å²) in [7, 11) is 4.08. The molecule has 0 aliphatic rings. The Morgan fingerprint density at radius 1 is 1.50 bits per heavy atom. The first-order chi connectivity index (χ1) is 9.24. The van der Waals surface area contributed by atoms with E-state index in [-0.39, 0.29) is 10.8 Å². The third-order valence-electron chi connectivity index (χ3n) is 2.81. The second-order valence-corrected chi connectivity index (χ2v) is 8.30. The van der Waals surface area contributed by atoms with Gasteiger partial charge in [-0.25, -0.2) is 0 Å². The molecule has 1 unspecified atom stereocenters. The van der Waals surface area contributed by atoms with Crippen LogP contribution in [0.3, 0.4) is 0 Å². The molecule has 1 aromatic heterocycles. The molecular weight excluding hydrogens is 294 g/mol. The van der Waals surface area contributed by atoms with Gasteiger partial charge in [0.25, 0.3) is 0 Å². The van der Waals surface area contributed by atoms with Crippen molar-refractivity contribution in [3.05, 3.63) is 16.9 Å². The lowest BCUT2D eigenvalue weighted by Gasteiger charge is -2.23. The van der Waals surface area contributed by atoms with Crippen molar-refractivity contribution >= 4 is 23.4 Å². The average Bonchev–Trinajstić information content (AvgIpc) is 2.68. The van der Waals surface area contributed by atoms with Crippen molar-refractivity contribution in [1.29, 1.82) is 0 Å². The third kappa shape index (κ3) is 5.61. The molecule has 1 aromatic rings. The summed E-state index contributed by atoms with van der Waals surface area (Å²) in [5, 5.41) is 5.02. The fraction of sp³-hybridized carbons (Fsp3) is 0.769. The molecule has 0 aromatic carbocycles. The van der Waals surface area contributed by atoms with E-state index in [1.165, 1.54) is 0 Å². The quantitative estimate of drug-likeness (QED) is 0.595. The highest BCUT2D eigenvalue weighted by molar-refractivity contribution is 8.00. The van der Waals surface area contributed by atoms with Gasteiger partial charge in [0.1, 0.15) is 0 Å². The zero-order chi connectivity index (χ0) is 15.3. The van der Waals surface area contributed by atoms with Crippen molar-refractivity contribution in [3.63, 3.8) is 0 Å². The number of nitrogens with zero attached hydrogens (tertiary/aromatic N) is 3. The molecule has 20 heavy (non-hydrogen) atoms. The number of thioether (sulfide) groups is 1. The van der Waals surface area contributed by atoms with Gasteiger partial charge in [0.05, 0.1) is 29.5 Å². The monoisotopic (exact) mass is 319 g/mol.